The molecule has 0 atom stereocenters. The Balaban J connectivity index is 1.82. The van der Waals surface area contributed by atoms with Crippen LogP contribution in [0.25, 0.3) is 33.8 Å². The van der Waals surface area contributed by atoms with E-state index in [1.165, 1.54) is 12.3 Å². The Morgan fingerprint density at radius 2 is 1.87 bits per heavy atom. The number of nitrogens with zero attached hydrogens (tertiary/aromatic N) is 3. The van der Waals surface area contributed by atoms with Crippen LogP contribution in [0.2, 0.25) is 0 Å². The van der Waals surface area contributed by atoms with Crippen molar-refractivity contribution in [2.24, 2.45) is 7.05 Å². The largest absolute Gasteiger partial charge is 0.434 e. The van der Waals surface area contributed by atoms with Crippen LogP contribution in [-0.4, -0.2) is 14.8 Å². The van der Waals surface area contributed by atoms with Gasteiger partial charge in [0.2, 0.25) is 5.89 Å². The van der Waals surface area contributed by atoms with E-state index in [0.717, 1.165) is 23.0 Å². The van der Waals surface area contributed by atoms with Crippen LogP contribution in [-0.2, 0) is 7.05 Å². The van der Waals surface area contributed by atoms with Crippen molar-refractivity contribution in [3.63, 3.8) is 0 Å². The van der Waals surface area contributed by atoms with Crippen molar-refractivity contribution >= 4 is 10.9 Å². The van der Waals surface area contributed by atoms with E-state index in [0.29, 0.717) is 17.0 Å². The SMILES string of the molecule is Cn1nc(-c2cnc(-c3ccc(F)c(F)c3)o2)c2ccccc21. The normalized spacial score (nSPS) is 11.3. The molecule has 0 amide bonds. The molecule has 0 spiro atoms. The number of para-hydroxylation sites is 1. The van der Waals surface area contributed by atoms with E-state index in [4.69, 9.17) is 4.42 Å². The van der Waals surface area contributed by atoms with Crippen LogP contribution in [0.4, 0.5) is 8.78 Å². The second kappa shape index (κ2) is 5.01. The minimum absolute atomic E-state index is 0.216. The Labute approximate surface area is 130 Å². The zero-order valence-corrected chi connectivity index (χ0v) is 12.1. The van der Waals surface area contributed by atoms with E-state index in [2.05, 4.69) is 10.1 Å². The Kier molecular flexibility index (Phi) is 2.97. The van der Waals surface area contributed by atoms with Crippen molar-refractivity contribution in [2.75, 3.05) is 0 Å². The lowest BCUT2D eigenvalue weighted by molar-refractivity contribution is 0.508. The molecular formula is C17H11F2N3O. The molecule has 0 aliphatic heterocycles. The van der Waals surface area contributed by atoms with Crippen molar-refractivity contribution in [2.45, 2.75) is 0 Å². The van der Waals surface area contributed by atoms with Gasteiger partial charge in [0.1, 0.15) is 5.69 Å². The topological polar surface area (TPSA) is 43.9 Å². The first-order valence-electron chi connectivity index (χ1n) is 6.97. The van der Waals surface area contributed by atoms with E-state index in [1.807, 2.05) is 31.3 Å². The molecule has 2 aromatic carbocycles. The van der Waals surface area contributed by atoms with Gasteiger partial charge in [-0.25, -0.2) is 13.8 Å². The third-order valence-corrected chi connectivity index (χ3v) is 3.66. The van der Waals surface area contributed by atoms with Crippen molar-refractivity contribution in [1.29, 1.82) is 0 Å². The second-order valence-electron chi connectivity index (χ2n) is 5.15. The molecule has 0 fully saturated rings. The summed E-state index contributed by atoms with van der Waals surface area (Å²) in [6.07, 6.45) is 1.53. The molecule has 114 valence electrons. The molecule has 0 aliphatic carbocycles. The van der Waals surface area contributed by atoms with Gasteiger partial charge in [-0.15, -0.1) is 0 Å². The van der Waals surface area contributed by atoms with Crippen LogP contribution < -0.4 is 0 Å². The number of fused-ring (bicyclic) bond motifs is 1. The molecule has 4 rings (SSSR count). The van der Waals surface area contributed by atoms with E-state index < -0.39 is 11.6 Å². The number of aryl methyl sites for hydroxylation is 1. The monoisotopic (exact) mass is 311 g/mol. The Morgan fingerprint density at radius 1 is 1.04 bits per heavy atom. The van der Waals surface area contributed by atoms with Gasteiger partial charge in [0.05, 0.1) is 11.7 Å². The lowest BCUT2D eigenvalue weighted by Crippen LogP contribution is -1.88. The first kappa shape index (κ1) is 13.6. The van der Waals surface area contributed by atoms with Gasteiger partial charge in [-0.2, -0.15) is 5.10 Å². The molecule has 2 aromatic heterocycles. The highest BCUT2D eigenvalue weighted by molar-refractivity contribution is 5.91. The summed E-state index contributed by atoms with van der Waals surface area (Å²) in [5.74, 6) is -1.16. The number of aromatic nitrogens is 3. The fourth-order valence-corrected chi connectivity index (χ4v) is 2.54. The summed E-state index contributed by atoms with van der Waals surface area (Å²) in [6, 6.07) is 11.3. The average Bonchev–Trinajstić information content (AvgIpc) is 3.16. The van der Waals surface area contributed by atoms with Crippen LogP contribution in [0.1, 0.15) is 0 Å². The van der Waals surface area contributed by atoms with Gasteiger partial charge in [-0.1, -0.05) is 18.2 Å². The quantitative estimate of drug-likeness (QED) is 0.558. The van der Waals surface area contributed by atoms with Gasteiger partial charge in [-0.05, 0) is 24.3 Å². The van der Waals surface area contributed by atoms with E-state index in [1.54, 1.807) is 4.68 Å². The van der Waals surface area contributed by atoms with Crippen LogP contribution in [0.5, 0.6) is 0 Å². The van der Waals surface area contributed by atoms with Crippen molar-refractivity contribution < 1.29 is 13.2 Å². The predicted octanol–water partition coefficient (Wildman–Crippen LogP) is 4.17. The highest BCUT2D eigenvalue weighted by Gasteiger charge is 2.16. The molecule has 0 aliphatic rings. The minimum atomic E-state index is -0.939. The fourth-order valence-electron chi connectivity index (χ4n) is 2.54. The molecule has 4 nitrogen and oxygen atoms in total. The van der Waals surface area contributed by atoms with Crippen molar-refractivity contribution in [1.82, 2.24) is 14.8 Å². The maximum Gasteiger partial charge on any atom is 0.226 e. The molecule has 0 unspecified atom stereocenters. The number of benzene rings is 2. The molecule has 6 heteroatoms. The maximum atomic E-state index is 13.3. The molecule has 0 radical (unpaired) electrons. The fraction of sp³-hybridized carbons (Fsp3) is 0.0588. The maximum absolute atomic E-state index is 13.3. The first-order chi connectivity index (χ1) is 11.1. The smallest absolute Gasteiger partial charge is 0.226 e. The summed E-state index contributed by atoms with van der Waals surface area (Å²) in [6.45, 7) is 0. The molecule has 0 saturated carbocycles. The predicted molar refractivity (Wildman–Crippen MR) is 81.6 cm³/mol. The van der Waals surface area contributed by atoms with Gasteiger partial charge in [0.15, 0.2) is 17.4 Å². The van der Waals surface area contributed by atoms with Gasteiger partial charge in [-0.3, -0.25) is 4.68 Å². The van der Waals surface area contributed by atoms with E-state index >= 15 is 0 Å². The molecule has 2 heterocycles. The number of rotatable bonds is 2. The Bertz CT molecular complexity index is 1020. The molecule has 0 saturated heterocycles. The molecule has 0 bridgehead atoms. The number of hydrogen-bond donors (Lipinski definition) is 0. The van der Waals surface area contributed by atoms with Gasteiger partial charge >= 0.3 is 0 Å². The highest BCUT2D eigenvalue weighted by atomic mass is 19.2. The lowest BCUT2D eigenvalue weighted by atomic mass is 10.2. The van der Waals surface area contributed by atoms with Crippen molar-refractivity contribution in [3.8, 4) is 22.9 Å². The highest BCUT2D eigenvalue weighted by Crippen LogP contribution is 2.30. The van der Waals surface area contributed by atoms with E-state index in [9.17, 15) is 8.78 Å². The third kappa shape index (κ3) is 2.19. The number of oxazole rings is 1. The first-order valence-corrected chi connectivity index (χ1v) is 6.97. The lowest BCUT2D eigenvalue weighted by Gasteiger charge is -1.97. The second-order valence-corrected chi connectivity index (χ2v) is 5.15. The van der Waals surface area contributed by atoms with Gasteiger partial charge < -0.3 is 4.42 Å². The zero-order chi connectivity index (χ0) is 16.0. The van der Waals surface area contributed by atoms with Gasteiger partial charge in [0.25, 0.3) is 0 Å². The van der Waals surface area contributed by atoms with Gasteiger partial charge in [0, 0.05) is 18.0 Å². The summed E-state index contributed by atoms with van der Waals surface area (Å²) in [5.41, 5.74) is 1.99. The van der Waals surface area contributed by atoms with Crippen LogP contribution in [0.15, 0.2) is 53.1 Å². The summed E-state index contributed by atoms with van der Waals surface area (Å²) < 4.78 is 33.8. The molecule has 23 heavy (non-hydrogen) atoms. The van der Waals surface area contributed by atoms with Crippen molar-refractivity contribution in [3.05, 3.63) is 60.3 Å². The Hall–Kier alpha value is -3.02. The number of halogens is 2. The van der Waals surface area contributed by atoms with Crippen LogP contribution >= 0.6 is 0 Å². The summed E-state index contributed by atoms with van der Waals surface area (Å²) in [7, 11) is 1.85. The number of hydrogen-bond acceptors (Lipinski definition) is 3. The van der Waals surface area contributed by atoms with Crippen LogP contribution in [0, 0.1) is 11.6 Å². The molecular weight excluding hydrogens is 300 g/mol. The third-order valence-electron chi connectivity index (χ3n) is 3.66. The van der Waals surface area contributed by atoms with E-state index in [-0.39, 0.29) is 5.89 Å². The average molecular weight is 311 g/mol. The molecule has 4 aromatic rings. The Morgan fingerprint density at radius 3 is 2.70 bits per heavy atom. The summed E-state index contributed by atoms with van der Waals surface area (Å²) >= 11 is 0. The summed E-state index contributed by atoms with van der Waals surface area (Å²) in [4.78, 5) is 4.14. The minimum Gasteiger partial charge on any atom is -0.434 e. The van der Waals surface area contributed by atoms with Crippen LogP contribution in [0.3, 0.4) is 0 Å². The standard InChI is InChI=1S/C17H11F2N3O/c1-22-14-5-3-2-4-11(14)16(21-22)15-9-20-17(23-15)10-6-7-12(18)13(19)8-10/h2-9H,1H3. The zero-order valence-electron chi connectivity index (χ0n) is 12.1. The summed E-state index contributed by atoms with van der Waals surface area (Å²) in [5, 5.41) is 5.38. The molecule has 0 N–H and O–H groups in total.